The average molecular weight is 496 g/mol. The highest BCUT2D eigenvalue weighted by molar-refractivity contribution is 8.18. The van der Waals surface area contributed by atoms with Crippen molar-refractivity contribution in [3.8, 4) is 11.5 Å². The van der Waals surface area contributed by atoms with E-state index in [1.807, 2.05) is 48.5 Å². The molecule has 1 saturated heterocycles. The van der Waals surface area contributed by atoms with E-state index in [1.165, 1.54) is 4.90 Å². The van der Waals surface area contributed by atoms with Crippen LogP contribution in [0.15, 0.2) is 102 Å². The molecule has 0 bridgehead atoms. The third-order valence-electron chi connectivity index (χ3n) is 5.59. The maximum atomic E-state index is 12.8. The smallest absolute Gasteiger partial charge is 0.343 e. The van der Waals surface area contributed by atoms with Gasteiger partial charge in [-0.15, -0.1) is 0 Å². The predicted octanol–water partition coefficient (Wildman–Crippen LogP) is 6.17. The molecule has 36 heavy (non-hydrogen) atoms. The predicted molar refractivity (Wildman–Crippen MR) is 140 cm³/mol. The Bertz CT molecular complexity index is 1460. The van der Waals surface area contributed by atoms with Crippen LogP contribution in [0.4, 0.5) is 4.79 Å². The summed E-state index contributed by atoms with van der Waals surface area (Å²) < 4.78 is 11.3. The van der Waals surface area contributed by atoms with Crippen molar-refractivity contribution in [3.63, 3.8) is 0 Å². The second-order valence-electron chi connectivity index (χ2n) is 7.98. The van der Waals surface area contributed by atoms with E-state index >= 15 is 0 Å². The SMILES string of the molecule is O=C(Oc1ccc(/C=C2\SC(=O)N(CCOc3cccc4ccccc34)C2=O)cc1)c1ccccc1. The maximum absolute atomic E-state index is 12.8. The first kappa shape index (κ1) is 23.4. The molecule has 0 aliphatic carbocycles. The summed E-state index contributed by atoms with van der Waals surface area (Å²) in [6, 6.07) is 29.1. The lowest BCUT2D eigenvalue weighted by atomic mass is 10.1. The van der Waals surface area contributed by atoms with Crippen molar-refractivity contribution in [2.45, 2.75) is 0 Å². The fourth-order valence-electron chi connectivity index (χ4n) is 3.78. The van der Waals surface area contributed by atoms with Crippen molar-refractivity contribution < 1.29 is 23.9 Å². The summed E-state index contributed by atoms with van der Waals surface area (Å²) in [5.41, 5.74) is 1.17. The molecular formula is C29H21NO5S. The summed E-state index contributed by atoms with van der Waals surface area (Å²) in [5.74, 6) is 0.296. The number of thioether (sulfide) groups is 1. The molecule has 1 aliphatic heterocycles. The van der Waals surface area contributed by atoms with Gasteiger partial charge in [0.2, 0.25) is 0 Å². The molecule has 0 N–H and O–H groups in total. The van der Waals surface area contributed by atoms with Crippen LogP contribution >= 0.6 is 11.8 Å². The lowest BCUT2D eigenvalue weighted by Gasteiger charge is -2.14. The zero-order valence-corrected chi connectivity index (χ0v) is 19.9. The minimum atomic E-state index is -0.449. The van der Waals surface area contributed by atoms with E-state index in [4.69, 9.17) is 9.47 Å². The van der Waals surface area contributed by atoms with Gasteiger partial charge >= 0.3 is 5.97 Å². The summed E-state index contributed by atoms with van der Waals surface area (Å²) in [4.78, 5) is 39.0. The van der Waals surface area contributed by atoms with Gasteiger partial charge in [0.1, 0.15) is 18.1 Å². The number of hydrogen-bond acceptors (Lipinski definition) is 6. The molecule has 1 heterocycles. The molecular weight excluding hydrogens is 474 g/mol. The second kappa shape index (κ2) is 10.5. The fraction of sp³-hybridized carbons (Fsp3) is 0.0690. The van der Waals surface area contributed by atoms with Crippen LogP contribution in [0.3, 0.4) is 0 Å². The highest BCUT2D eigenvalue weighted by atomic mass is 32.2. The number of amides is 2. The molecule has 0 unspecified atom stereocenters. The molecule has 0 radical (unpaired) electrons. The Hall–Kier alpha value is -4.36. The molecule has 1 fully saturated rings. The standard InChI is InChI=1S/C29H21NO5S/c31-27-26(19-20-13-15-23(16-14-20)35-28(32)22-8-2-1-3-9-22)36-29(33)30(27)17-18-34-25-12-6-10-21-7-4-5-11-24(21)25/h1-16,19H,17-18H2/b26-19-. The molecule has 0 aromatic heterocycles. The molecule has 5 rings (SSSR count). The number of esters is 1. The van der Waals surface area contributed by atoms with E-state index in [-0.39, 0.29) is 24.3 Å². The quantitative estimate of drug-likeness (QED) is 0.173. The third-order valence-corrected chi connectivity index (χ3v) is 6.50. The Morgan fingerprint density at radius 1 is 0.833 bits per heavy atom. The molecule has 7 heteroatoms. The number of hydrogen-bond donors (Lipinski definition) is 0. The van der Waals surface area contributed by atoms with Crippen LogP contribution in [0.1, 0.15) is 15.9 Å². The lowest BCUT2D eigenvalue weighted by Crippen LogP contribution is -2.32. The Kier molecular flexibility index (Phi) is 6.82. The van der Waals surface area contributed by atoms with Crippen LogP contribution in [-0.4, -0.2) is 35.2 Å². The molecule has 0 spiro atoms. The van der Waals surface area contributed by atoms with E-state index in [9.17, 15) is 14.4 Å². The Morgan fingerprint density at radius 3 is 2.36 bits per heavy atom. The second-order valence-corrected chi connectivity index (χ2v) is 8.98. The van der Waals surface area contributed by atoms with Crippen LogP contribution in [0.2, 0.25) is 0 Å². The number of carbonyl (C=O) groups excluding carboxylic acids is 3. The Morgan fingerprint density at radius 2 is 1.56 bits per heavy atom. The maximum Gasteiger partial charge on any atom is 0.343 e. The largest absolute Gasteiger partial charge is 0.491 e. The van der Waals surface area contributed by atoms with Gasteiger partial charge in [-0.3, -0.25) is 14.5 Å². The number of carbonyl (C=O) groups is 3. The highest BCUT2D eigenvalue weighted by Gasteiger charge is 2.34. The van der Waals surface area contributed by atoms with E-state index in [0.717, 1.165) is 22.5 Å². The summed E-state index contributed by atoms with van der Waals surface area (Å²) in [7, 11) is 0. The van der Waals surface area contributed by atoms with Crippen LogP contribution in [0, 0.1) is 0 Å². The van der Waals surface area contributed by atoms with Gasteiger partial charge in [-0.05, 0) is 59.1 Å². The minimum absolute atomic E-state index is 0.152. The molecule has 0 saturated carbocycles. The van der Waals surface area contributed by atoms with Gasteiger partial charge < -0.3 is 9.47 Å². The lowest BCUT2D eigenvalue weighted by molar-refractivity contribution is -0.123. The topological polar surface area (TPSA) is 72.9 Å². The number of nitrogens with zero attached hydrogens (tertiary/aromatic N) is 1. The third kappa shape index (κ3) is 5.16. The number of rotatable bonds is 7. The van der Waals surface area contributed by atoms with E-state index in [0.29, 0.717) is 27.5 Å². The molecule has 178 valence electrons. The molecule has 6 nitrogen and oxygen atoms in total. The molecule has 4 aromatic carbocycles. The fourth-order valence-corrected chi connectivity index (χ4v) is 4.65. The number of benzene rings is 4. The zero-order valence-electron chi connectivity index (χ0n) is 19.1. The minimum Gasteiger partial charge on any atom is -0.491 e. The van der Waals surface area contributed by atoms with Crippen molar-refractivity contribution in [2.75, 3.05) is 13.2 Å². The number of ether oxygens (including phenoxy) is 2. The van der Waals surface area contributed by atoms with Crippen molar-refractivity contribution in [1.29, 1.82) is 0 Å². The first-order valence-corrected chi connectivity index (χ1v) is 12.1. The Balaban J connectivity index is 1.20. The summed E-state index contributed by atoms with van der Waals surface area (Å²) in [5, 5.41) is 1.71. The van der Waals surface area contributed by atoms with Crippen molar-refractivity contribution in [3.05, 3.63) is 113 Å². The first-order valence-electron chi connectivity index (χ1n) is 11.3. The number of imide groups is 1. The van der Waals surface area contributed by atoms with Gasteiger partial charge in [0, 0.05) is 5.39 Å². The van der Waals surface area contributed by atoms with Gasteiger partial charge in [-0.1, -0.05) is 66.7 Å². The average Bonchev–Trinajstić information content (AvgIpc) is 3.17. The summed E-state index contributed by atoms with van der Waals surface area (Å²) in [6.45, 7) is 0.348. The van der Waals surface area contributed by atoms with Crippen LogP contribution in [0.5, 0.6) is 11.5 Å². The van der Waals surface area contributed by atoms with Crippen LogP contribution < -0.4 is 9.47 Å². The van der Waals surface area contributed by atoms with Crippen molar-refractivity contribution in [1.82, 2.24) is 4.90 Å². The molecule has 1 aliphatic rings. The molecule has 0 atom stereocenters. The van der Waals surface area contributed by atoms with Gasteiger partial charge in [0.15, 0.2) is 0 Å². The highest BCUT2D eigenvalue weighted by Crippen LogP contribution is 2.32. The van der Waals surface area contributed by atoms with E-state index in [2.05, 4.69) is 0 Å². The zero-order chi connectivity index (χ0) is 24.9. The van der Waals surface area contributed by atoms with Crippen molar-refractivity contribution >= 4 is 45.7 Å². The Labute approximate surface area is 212 Å². The van der Waals surface area contributed by atoms with Gasteiger partial charge in [-0.25, -0.2) is 4.79 Å². The van der Waals surface area contributed by atoms with E-state index in [1.54, 1.807) is 54.6 Å². The number of fused-ring (bicyclic) bond motifs is 1. The van der Waals surface area contributed by atoms with Crippen LogP contribution in [0.25, 0.3) is 16.8 Å². The van der Waals surface area contributed by atoms with Gasteiger partial charge in [0.25, 0.3) is 11.1 Å². The van der Waals surface area contributed by atoms with Gasteiger partial charge in [0.05, 0.1) is 17.0 Å². The normalized spacial score (nSPS) is 14.4. The first-order chi connectivity index (χ1) is 17.6. The molecule has 2 amide bonds. The summed E-state index contributed by atoms with van der Waals surface area (Å²) >= 11 is 0.895. The van der Waals surface area contributed by atoms with Crippen LogP contribution in [-0.2, 0) is 4.79 Å². The van der Waals surface area contributed by atoms with Crippen molar-refractivity contribution in [2.24, 2.45) is 0 Å². The summed E-state index contributed by atoms with van der Waals surface area (Å²) in [6.07, 6.45) is 1.65. The van der Waals surface area contributed by atoms with E-state index < -0.39 is 5.97 Å². The molecule has 4 aromatic rings. The monoisotopic (exact) mass is 495 g/mol. The van der Waals surface area contributed by atoms with Gasteiger partial charge in [-0.2, -0.15) is 0 Å².